The number of rotatable bonds is 5. The van der Waals surface area contributed by atoms with E-state index in [4.69, 9.17) is 4.74 Å². The van der Waals surface area contributed by atoms with Gasteiger partial charge in [0.25, 0.3) is 0 Å². The molecule has 0 amide bonds. The molecule has 4 atom stereocenters. The summed E-state index contributed by atoms with van der Waals surface area (Å²) in [4.78, 5) is 17.6. The van der Waals surface area contributed by atoms with Crippen molar-refractivity contribution in [3.05, 3.63) is 0 Å². The van der Waals surface area contributed by atoms with Crippen molar-refractivity contribution in [2.45, 2.75) is 71.9 Å². The van der Waals surface area contributed by atoms with Crippen LogP contribution in [0.4, 0.5) is 0 Å². The lowest BCUT2D eigenvalue weighted by Gasteiger charge is -2.40. The van der Waals surface area contributed by atoms with E-state index in [2.05, 4.69) is 23.6 Å². The molecule has 2 unspecified atom stereocenters. The maximum absolute atomic E-state index is 12.4. The summed E-state index contributed by atoms with van der Waals surface area (Å²) >= 11 is 0. The fourth-order valence-corrected chi connectivity index (χ4v) is 5.47. The molecule has 4 heteroatoms. The lowest BCUT2D eigenvalue weighted by Crippen LogP contribution is -2.50. The third-order valence-corrected chi connectivity index (χ3v) is 6.70. The van der Waals surface area contributed by atoms with Crippen molar-refractivity contribution in [3.63, 3.8) is 0 Å². The third-order valence-electron chi connectivity index (χ3n) is 6.70. The zero-order chi connectivity index (χ0) is 18.2. The van der Waals surface area contributed by atoms with Gasteiger partial charge in [0.05, 0.1) is 0 Å². The summed E-state index contributed by atoms with van der Waals surface area (Å²) in [5, 5.41) is 0. The van der Waals surface area contributed by atoms with Crippen LogP contribution in [0.2, 0.25) is 0 Å². The fourth-order valence-electron chi connectivity index (χ4n) is 5.47. The van der Waals surface area contributed by atoms with Crippen LogP contribution >= 0.6 is 0 Å². The van der Waals surface area contributed by atoms with Gasteiger partial charge in [0.1, 0.15) is 5.60 Å². The van der Waals surface area contributed by atoms with Gasteiger partial charge in [-0.15, -0.1) is 0 Å². The van der Waals surface area contributed by atoms with Gasteiger partial charge in [0, 0.05) is 45.2 Å². The van der Waals surface area contributed by atoms with Gasteiger partial charge in [0.2, 0.25) is 0 Å². The highest BCUT2D eigenvalue weighted by Crippen LogP contribution is 2.53. The molecule has 0 aromatic heterocycles. The van der Waals surface area contributed by atoms with Crippen molar-refractivity contribution < 1.29 is 9.53 Å². The topological polar surface area (TPSA) is 32.8 Å². The summed E-state index contributed by atoms with van der Waals surface area (Å²) in [6.45, 7) is 16.4. The van der Waals surface area contributed by atoms with E-state index < -0.39 is 0 Å². The first-order chi connectivity index (χ1) is 11.7. The van der Waals surface area contributed by atoms with Crippen molar-refractivity contribution in [3.8, 4) is 0 Å². The van der Waals surface area contributed by atoms with Crippen molar-refractivity contribution >= 4 is 5.97 Å². The number of piperazine rings is 1. The smallest absolute Gasteiger partial charge is 0.306 e. The van der Waals surface area contributed by atoms with E-state index >= 15 is 0 Å². The van der Waals surface area contributed by atoms with Crippen LogP contribution in [0.3, 0.4) is 0 Å². The molecule has 3 rings (SSSR count). The van der Waals surface area contributed by atoms with Gasteiger partial charge >= 0.3 is 5.97 Å². The molecule has 0 aromatic rings. The first kappa shape index (κ1) is 19.2. The predicted octanol–water partition coefficient (Wildman–Crippen LogP) is 3.41. The highest BCUT2D eigenvalue weighted by atomic mass is 16.6. The van der Waals surface area contributed by atoms with Gasteiger partial charge in [-0.2, -0.15) is 0 Å². The van der Waals surface area contributed by atoms with Crippen LogP contribution in [0, 0.1) is 23.7 Å². The Bertz CT molecular complexity index is 463. The molecule has 0 N–H and O–H groups in total. The van der Waals surface area contributed by atoms with Crippen molar-refractivity contribution in [2.24, 2.45) is 23.7 Å². The maximum atomic E-state index is 12.4. The van der Waals surface area contributed by atoms with Crippen LogP contribution in [-0.2, 0) is 9.53 Å². The van der Waals surface area contributed by atoms with Crippen molar-refractivity contribution in [1.29, 1.82) is 0 Å². The number of hydrogen-bond acceptors (Lipinski definition) is 4. The second-order valence-corrected chi connectivity index (χ2v) is 9.88. The number of hydrogen-bond donors (Lipinski definition) is 0. The summed E-state index contributed by atoms with van der Waals surface area (Å²) < 4.78 is 5.63. The van der Waals surface area contributed by atoms with Crippen LogP contribution in [0.5, 0.6) is 0 Å². The largest absolute Gasteiger partial charge is 0.460 e. The highest BCUT2D eigenvalue weighted by Gasteiger charge is 2.48. The molecule has 0 spiro atoms. The van der Waals surface area contributed by atoms with Gasteiger partial charge in [-0.1, -0.05) is 0 Å². The molecule has 1 saturated heterocycles. The average molecular weight is 351 g/mol. The lowest BCUT2D eigenvalue weighted by molar-refractivity contribution is -0.157. The molecule has 25 heavy (non-hydrogen) atoms. The van der Waals surface area contributed by atoms with Crippen LogP contribution < -0.4 is 0 Å². The molecule has 3 fully saturated rings. The first-order valence-electron chi connectivity index (χ1n) is 10.4. The summed E-state index contributed by atoms with van der Waals surface area (Å²) in [6.07, 6.45) is 4.70. The minimum atomic E-state index is -0.364. The predicted molar refractivity (Wildman–Crippen MR) is 101 cm³/mol. The Morgan fingerprint density at radius 3 is 2.20 bits per heavy atom. The molecule has 0 radical (unpaired) electrons. The average Bonchev–Trinajstić information content (AvgIpc) is 3.09. The highest BCUT2D eigenvalue weighted by molar-refractivity contribution is 5.70. The molecule has 3 aliphatic rings. The number of fused-ring (bicyclic) bond motifs is 2. The SMILES string of the molecule is CC(C)N1CCN(CC2C(CC(=O)OC(C)(C)C)[C@H]3CC[C@@H]2C3)CC1. The van der Waals surface area contributed by atoms with E-state index in [0.717, 1.165) is 11.8 Å². The Kier molecular flexibility index (Phi) is 5.79. The molecule has 4 nitrogen and oxygen atoms in total. The standard InChI is InChI=1S/C21H38N2O2/c1-15(2)23-10-8-22(9-11-23)14-19-17-7-6-16(12-17)18(19)13-20(24)25-21(3,4)5/h15-19H,6-14H2,1-5H3/t16-,17+,18?,19?/m0/s1. The van der Waals surface area contributed by atoms with Gasteiger partial charge in [-0.3, -0.25) is 9.69 Å². The first-order valence-corrected chi connectivity index (χ1v) is 10.4. The minimum Gasteiger partial charge on any atom is -0.460 e. The van der Waals surface area contributed by atoms with Crippen LogP contribution in [-0.4, -0.2) is 60.1 Å². The monoisotopic (exact) mass is 350 g/mol. The number of carbonyl (C=O) groups is 1. The van der Waals surface area contributed by atoms with E-state index in [9.17, 15) is 4.79 Å². The Hall–Kier alpha value is -0.610. The summed E-state index contributed by atoms with van der Waals surface area (Å²) in [5.74, 6) is 2.88. The number of esters is 1. The number of carbonyl (C=O) groups excluding carboxylic acids is 1. The van der Waals surface area contributed by atoms with E-state index in [1.54, 1.807) is 0 Å². The van der Waals surface area contributed by atoms with Gasteiger partial charge in [0.15, 0.2) is 0 Å². The van der Waals surface area contributed by atoms with Gasteiger partial charge < -0.3 is 9.64 Å². The molecule has 2 saturated carbocycles. The molecule has 1 heterocycles. The second kappa shape index (κ2) is 7.56. The Morgan fingerprint density at radius 2 is 1.64 bits per heavy atom. The quantitative estimate of drug-likeness (QED) is 0.712. The van der Waals surface area contributed by atoms with E-state index in [1.165, 1.54) is 52.0 Å². The molecule has 2 aliphatic carbocycles. The maximum Gasteiger partial charge on any atom is 0.306 e. The Labute approximate surface area is 154 Å². The van der Waals surface area contributed by atoms with Gasteiger partial charge in [-0.25, -0.2) is 0 Å². The molecule has 0 aromatic carbocycles. The zero-order valence-electron chi connectivity index (χ0n) is 17.0. The molecular formula is C21H38N2O2. The fraction of sp³-hybridized carbons (Fsp3) is 0.952. The van der Waals surface area contributed by atoms with E-state index in [0.29, 0.717) is 24.3 Å². The number of ether oxygens (including phenoxy) is 1. The van der Waals surface area contributed by atoms with Crippen LogP contribution in [0.15, 0.2) is 0 Å². The number of nitrogens with zero attached hydrogens (tertiary/aromatic N) is 2. The second-order valence-electron chi connectivity index (χ2n) is 9.88. The minimum absolute atomic E-state index is 0.0136. The molecule has 2 bridgehead atoms. The Morgan fingerprint density at radius 1 is 1.04 bits per heavy atom. The normalized spacial score (nSPS) is 34.0. The van der Waals surface area contributed by atoms with E-state index in [1.807, 2.05) is 20.8 Å². The Balaban J connectivity index is 1.55. The van der Waals surface area contributed by atoms with Crippen LogP contribution in [0.25, 0.3) is 0 Å². The van der Waals surface area contributed by atoms with Crippen LogP contribution in [0.1, 0.15) is 60.3 Å². The summed E-state index contributed by atoms with van der Waals surface area (Å²) in [7, 11) is 0. The zero-order valence-corrected chi connectivity index (χ0v) is 17.0. The summed E-state index contributed by atoms with van der Waals surface area (Å²) in [5.41, 5.74) is -0.364. The van der Waals surface area contributed by atoms with Crippen molar-refractivity contribution in [1.82, 2.24) is 9.80 Å². The summed E-state index contributed by atoms with van der Waals surface area (Å²) in [6, 6.07) is 0.657. The van der Waals surface area contributed by atoms with Gasteiger partial charge in [-0.05, 0) is 77.6 Å². The molecular weight excluding hydrogens is 312 g/mol. The van der Waals surface area contributed by atoms with Crippen molar-refractivity contribution in [2.75, 3.05) is 32.7 Å². The molecule has 1 aliphatic heterocycles. The molecule has 144 valence electrons. The van der Waals surface area contributed by atoms with E-state index in [-0.39, 0.29) is 11.6 Å². The lowest BCUT2D eigenvalue weighted by atomic mass is 9.77. The third kappa shape index (κ3) is 4.77.